The van der Waals surface area contributed by atoms with E-state index < -0.39 is 0 Å². The summed E-state index contributed by atoms with van der Waals surface area (Å²) in [5.41, 5.74) is 1.78. The lowest BCUT2D eigenvalue weighted by Crippen LogP contribution is -2.51. The summed E-state index contributed by atoms with van der Waals surface area (Å²) in [5.74, 6) is 0. The number of piperidine rings is 1. The van der Waals surface area contributed by atoms with Crippen molar-refractivity contribution < 1.29 is 4.74 Å². The van der Waals surface area contributed by atoms with E-state index in [9.17, 15) is 0 Å². The Morgan fingerprint density at radius 2 is 1.81 bits per heavy atom. The van der Waals surface area contributed by atoms with E-state index in [1.54, 1.807) is 0 Å². The summed E-state index contributed by atoms with van der Waals surface area (Å²) < 4.78 is 5.50. The highest BCUT2D eigenvalue weighted by molar-refractivity contribution is 5.14. The smallest absolute Gasteiger partial charge is 0.0594 e. The standard InChI is InChI=1S/C23H39N3O/c1-23(2,20-26-14-16-27-17-15-26)19-24(3)22-10-7-12-25(18-22)13-11-21-8-5-4-6-9-21/h4-6,8-9,22H,7,10-20H2,1-3H3/t22-/m0/s1. The Hall–Kier alpha value is -0.940. The summed E-state index contributed by atoms with van der Waals surface area (Å²) in [7, 11) is 2.34. The first-order chi connectivity index (χ1) is 13.0. The van der Waals surface area contributed by atoms with Crippen molar-refractivity contribution in [2.75, 3.05) is 66.1 Å². The molecule has 0 aromatic heterocycles. The lowest BCUT2D eigenvalue weighted by atomic mass is 9.90. The van der Waals surface area contributed by atoms with Crippen molar-refractivity contribution in [1.82, 2.24) is 14.7 Å². The molecule has 4 heteroatoms. The van der Waals surface area contributed by atoms with E-state index >= 15 is 0 Å². The molecule has 2 saturated heterocycles. The van der Waals surface area contributed by atoms with Crippen LogP contribution in [-0.4, -0.2) is 86.8 Å². The number of likely N-dealkylation sites (N-methyl/N-ethyl adjacent to an activating group) is 1. The number of rotatable bonds is 8. The SMILES string of the molecule is CN(CC(C)(C)CN1CCOCC1)[C@H]1CCCN(CCc2ccccc2)C1. The molecular formula is C23H39N3O. The molecule has 0 N–H and O–H groups in total. The predicted molar refractivity (Wildman–Crippen MR) is 113 cm³/mol. The Kier molecular flexibility index (Phi) is 7.71. The molecule has 2 heterocycles. The third kappa shape index (κ3) is 6.86. The second-order valence-electron chi connectivity index (χ2n) is 9.30. The van der Waals surface area contributed by atoms with Gasteiger partial charge in [0.15, 0.2) is 0 Å². The van der Waals surface area contributed by atoms with Crippen molar-refractivity contribution in [3.63, 3.8) is 0 Å². The summed E-state index contributed by atoms with van der Waals surface area (Å²) in [6, 6.07) is 11.6. The van der Waals surface area contributed by atoms with Crippen molar-refractivity contribution >= 4 is 0 Å². The number of likely N-dealkylation sites (tertiary alicyclic amines) is 1. The molecule has 2 aliphatic heterocycles. The summed E-state index contributed by atoms with van der Waals surface area (Å²) in [6.07, 6.45) is 3.83. The molecule has 4 nitrogen and oxygen atoms in total. The first-order valence-electron chi connectivity index (χ1n) is 10.8. The highest BCUT2D eigenvalue weighted by atomic mass is 16.5. The van der Waals surface area contributed by atoms with Gasteiger partial charge in [0.1, 0.15) is 0 Å². The summed E-state index contributed by atoms with van der Waals surface area (Å²) >= 11 is 0. The van der Waals surface area contributed by atoms with E-state index in [1.807, 2.05) is 0 Å². The van der Waals surface area contributed by atoms with Gasteiger partial charge in [0.05, 0.1) is 13.2 Å². The Morgan fingerprint density at radius 1 is 1.07 bits per heavy atom. The molecule has 2 fully saturated rings. The molecule has 1 aromatic carbocycles. The van der Waals surface area contributed by atoms with Crippen molar-refractivity contribution in [3.05, 3.63) is 35.9 Å². The van der Waals surface area contributed by atoms with Crippen LogP contribution < -0.4 is 0 Å². The van der Waals surface area contributed by atoms with Crippen LogP contribution in [0.25, 0.3) is 0 Å². The monoisotopic (exact) mass is 373 g/mol. The fourth-order valence-electron chi connectivity index (χ4n) is 4.74. The van der Waals surface area contributed by atoms with Crippen LogP contribution >= 0.6 is 0 Å². The number of ether oxygens (including phenoxy) is 1. The van der Waals surface area contributed by atoms with E-state index in [4.69, 9.17) is 4.74 Å². The average Bonchev–Trinajstić information content (AvgIpc) is 2.67. The number of nitrogens with zero attached hydrogens (tertiary/aromatic N) is 3. The molecule has 0 amide bonds. The van der Waals surface area contributed by atoms with Gasteiger partial charge in [0.25, 0.3) is 0 Å². The molecule has 2 aliphatic rings. The summed E-state index contributed by atoms with van der Waals surface area (Å²) in [4.78, 5) is 7.88. The number of hydrogen-bond donors (Lipinski definition) is 0. The minimum atomic E-state index is 0.318. The number of morpholine rings is 1. The van der Waals surface area contributed by atoms with Crippen LogP contribution in [0.1, 0.15) is 32.3 Å². The lowest BCUT2D eigenvalue weighted by Gasteiger charge is -2.42. The zero-order valence-electron chi connectivity index (χ0n) is 17.7. The first kappa shape index (κ1) is 20.8. The number of hydrogen-bond acceptors (Lipinski definition) is 4. The predicted octanol–water partition coefficient (Wildman–Crippen LogP) is 2.98. The van der Waals surface area contributed by atoms with Crippen molar-refractivity contribution in [2.24, 2.45) is 5.41 Å². The van der Waals surface area contributed by atoms with Crippen LogP contribution in [0.4, 0.5) is 0 Å². The van der Waals surface area contributed by atoms with E-state index in [2.05, 4.69) is 65.9 Å². The molecule has 0 bridgehead atoms. The van der Waals surface area contributed by atoms with Gasteiger partial charge in [-0.15, -0.1) is 0 Å². The molecule has 1 atom stereocenters. The van der Waals surface area contributed by atoms with Crippen LogP contribution in [0.5, 0.6) is 0 Å². The van der Waals surface area contributed by atoms with Gasteiger partial charge in [-0.25, -0.2) is 0 Å². The Labute approximate surface area is 166 Å². The highest BCUT2D eigenvalue weighted by Crippen LogP contribution is 2.23. The third-order valence-corrected chi connectivity index (χ3v) is 6.10. The Bertz CT molecular complexity index is 542. The topological polar surface area (TPSA) is 19.0 Å². The van der Waals surface area contributed by atoms with Crippen LogP contribution in [-0.2, 0) is 11.2 Å². The molecule has 0 saturated carbocycles. The van der Waals surface area contributed by atoms with Gasteiger partial charge in [0.2, 0.25) is 0 Å². The second-order valence-corrected chi connectivity index (χ2v) is 9.30. The fourth-order valence-corrected chi connectivity index (χ4v) is 4.74. The van der Waals surface area contributed by atoms with Crippen molar-refractivity contribution in [2.45, 2.75) is 39.2 Å². The van der Waals surface area contributed by atoms with E-state index in [0.717, 1.165) is 26.3 Å². The van der Waals surface area contributed by atoms with Crippen LogP contribution in [0.15, 0.2) is 30.3 Å². The molecule has 27 heavy (non-hydrogen) atoms. The summed E-state index contributed by atoms with van der Waals surface area (Å²) in [5, 5.41) is 0. The van der Waals surface area contributed by atoms with Gasteiger partial charge in [-0.1, -0.05) is 44.2 Å². The van der Waals surface area contributed by atoms with Crippen molar-refractivity contribution in [1.29, 1.82) is 0 Å². The quantitative estimate of drug-likeness (QED) is 0.697. The molecule has 0 aliphatic carbocycles. The van der Waals surface area contributed by atoms with Gasteiger partial charge in [0, 0.05) is 45.3 Å². The van der Waals surface area contributed by atoms with E-state index in [1.165, 1.54) is 57.5 Å². The Morgan fingerprint density at radius 3 is 2.56 bits per heavy atom. The first-order valence-corrected chi connectivity index (χ1v) is 10.8. The van der Waals surface area contributed by atoms with Crippen molar-refractivity contribution in [3.8, 4) is 0 Å². The van der Waals surface area contributed by atoms with Gasteiger partial charge in [-0.3, -0.25) is 4.90 Å². The maximum Gasteiger partial charge on any atom is 0.0594 e. The molecule has 0 spiro atoms. The second kappa shape index (κ2) is 10.0. The maximum absolute atomic E-state index is 5.50. The molecule has 152 valence electrons. The molecule has 0 radical (unpaired) electrons. The highest BCUT2D eigenvalue weighted by Gasteiger charge is 2.29. The van der Waals surface area contributed by atoms with Crippen LogP contribution in [0, 0.1) is 5.41 Å². The average molecular weight is 374 g/mol. The van der Waals surface area contributed by atoms with E-state index in [0.29, 0.717) is 11.5 Å². The fraction of sp³-hybridized carbons (Fsp3) is 0.739. The minimum Gasteiger partial charge on any atom is -0.379 e. The van der Waals surface area contributed by atoms with Crippen LogP contribution in [0.2, 0.25) is 0 Å². The largest absolute Gasteiger partial charge is 0.379 e. The normalized spacial score (nSPS) is 23.0. The van der Waals surface area contributed by atoms with Crippen LogP contribution in [0.3, 0.4) is 0 Å². The van der Waals surface area contributed by atoms with Gasteiger partial charge in [-0.05, 0) is 43.8 Å². The van der Waals surface area contributed by atoms with Gasteiger partial charge in [-0.2, -0.15) is 0 Å². The molecular weight excluding hydrogens is 334 g/mol. The zero-order valence-corrected chi connectivity index (χ0v) is 17.7. The molecule has 3 rings (SSSR count). The van der Waals surface area contributed by atoms with Gasteiger partial charge >= 0.3 is 0 Å². The molecule has 1 aromatic rings. The van der Waals surface area contributed by atoms with E-state index in [-0.39, 0.29) is 0 Å². The summed E-state index contributed by atoms with van der Waals surface area (Å²) in [6.45, 7) is 14.8. The lowest BCUT2D eigenvalue weighted by molar-refractivity contribution is 0.0106. The third-order valence-electron chi connectivity index (χ3n) is 6.10. The zero-order chi connectivity index (χ0) is 19.1. The van der Waals surface area contributed by atoms with Gasteiger partial charge < -0.3 is 14.5 Å². The maximum atomic E-state index is 5.50. The molecule has 0 unspecified atom stereocenters. The number of benzene rings is 1. The Balaban J connectivity index is 1.44. The minimum absolute atomic E-state index is 0.318.